The smallest absolute Gasteiger partial charge is 0.282 e. The number of halogens is 1. The Morgan fingerprint density at radius 3 is 2.45 bits per heavy atom. The number of aromatic nitrogens is 1. The molecule has 0 spiro atoms. The zero-order valence-electron chi connectivity index (χ0n) is 17.6. The van der Waals surface area contributed by atoms with Gasteiger partial charge in [-0.1, -0.05) is 47.5 Å². The first-order valence-electron chi connectivity index (χ1n) is 9.79. The standard InChI is InChI=1S/C23H25ClN2O4S/c1-16-7-9-19(10-8-16)15-30-22-13-20(24)17(2)12-21(22)26(14-18(3)27)31(28,29)23-6-4-5-11-25-23/h4-13,18,27H,14-15H2,1-3H3. The van der Waals surface area contributed by atoms with E-state index in [9.17, 15) is 13.5 Å². The summed E-state index contributed by atoms with van der Waals surface area (Å²) in [6.07, 6.45) is 0.495. The Bertz CT molecular complexity index is 1130. The molecule has 0 saturated carbocycles. The number of sulfonamides is 1. The van der Waals surface area contributed by atoms with E-state index >= 15 is 0 Å². The van der Waals surface area contributed by atoms with E-state index in [0.717, 1.165) is 15.4 Å². The molecule has 0 amide bonds. The fourth-order valence-corrected chi connectivity index (χ4v) is 4.62. The van der Waals surface area contributed by atoms with E-state index in [-0.39, 0.29) is 18.2 Å². The highest BCUT2D eigenvalue weighted by molar-refractivity contribution is 7.92. The van der Waals surface area contributed by atoms with Crippen molar-refractivity contribution < 1.29 is 18.3 Å². The van der Waals surface area contributed by atoms with Gasteiger partial charge in [0.1, 0.15) is 12.4 Å². The molecule has 3 aromatic rings. The number of aliphatic hydroxyl groups is 1. The van der Waals surface area contributed by atoms with Crippen LogP contribution in [0.1, 0.15) is 23.6 Å². The summed E-state index contributed by atoms with van der Waals surface area (Å²) in [5.41, 5.74) is 3.04. The first-order valence-corrected chi connectivity index (χ1v) is 11.6. The van der Waals surface area contributed by atoms with Crippen molar-refractivity contribution in [3.05, 3.63) is 82.5 Å². The second-order valence-electron chi connectivity index (χ2n) is 7.40. The molecule has 0 saturated heterocycles. The van der Waals surface area contributed by atoms with Gasteiger partial charge in [-0.2, -0.15) is 8.42 Å². The zero-order chi connectivity index (χ0) is 22.6. The summed E-state index contributed by atoms with van der Waals surface area (Å²) in [5, 5.41) is 10.4. The van der Waals surface area contributed by atoms with Crippen molar-refractivity contribution in [2.75, 3.05) is 10.8 Å². The molecule has 1 atom stereocenters. The van der Waals surface area contributed by atoms with Crippen molar-refractivity contribution in [3.63, 3.8) is 0 Å². The van der Waals surface area contributed by atoms with Crippen molar-refractivity contribution in [3.8, 4) is 5.75 Å². The lowest BCUT2D eigenvalue weighted by Crippen LogP contribution is -2.37. The molecule has 1 aromatic heterocycles. The number of anilines is 1. The third kappa shape index (κ3) is 5.55. The Kier molecular flexibility index (Phi) is 7.20. The van der Waals surface area contributed by atoms with Gasteiger partial charge in [0.05, 0.1) is 18.3 Å². The Morgan fingerprint density at radius 2 is 1.84 bits per heavy atom. The maximum absolute atomic E-state index is 13.4. The lowest BCUT2D eigenvalue weighted by Gasteiger charge is -2.27. The van der Waals surface area contributed by atoms with Gasteiger partial charge >= 0.3 is 0 Å². The summed E-state index contributed by atoms with van der Waals surface area (Å²) in [4.78, 5) is 4.00. The fourth-order valence-electron chi connectivity index (χ4n) is 2.98. The van der Waals surface area contributed by atoms with E-state index in [4.69, 9.17) is 16.3 Å². The van der Waals surface area contributed by atoms with Crippen molar-refractivity contribution >= 4 is 27.3 Å². The molecular weight excluding hydrogens is 436 g/mol. The fraction of sp³-hybridized carbons (Fsp3) is 0.261. The summed E-state index contributed by atoms with van der Waals surface area (Å²) in [5.74, 6) is 0.302. The van der Waals surface area contributed by atoms with Gasteiger partial charge in [0, 0.05) is 17.3 Å². The molecule has 2 aromatic carbocycles. The van der Waals surface area contributed by atoms with Crippen LogP contribution in [0.15, 0.2) is 65.8 Å². The molecule has 0 fully saturated rings. The van der Waals surface area contributed by atoms with Gasteiger partial charge in [0.2, 0.25) is 0 Å². The van der Waals surface area contributed by atoms with Crippen LogP contribution < -0.4 is 9.04 Å². The minimum atomic E-state index is -4.05. The topological polar surface area (TPSA) is 79.7 Å². The molecule has 1 heterocycles. The van der Waals surface area contributed by atoms with E-state index in [1.54, 1.807) is 31.2 Å². The molecule has 0 radical (unpaired) electrons. The molecule has 8 heteroatoms. The van der Waals surface area contributed by atoms with Gasteiger partial charge in [-0.3, -0.25) is 4.31 Å². The number of hydrogen-bond acceptors (Lipinski definition) is 5. The van der Waals surface area contributed by atoms with E-state index in [0.29, 0.717) is 22.0 Å². The molecule has 0 aliphatic heterocycles. The molecule has 0 aliphatic carbocycles. The first-order chi connectivity index (χ1) is 14.7. The molecule has 0 bridgehead atoms. The average molecular weight is 461 g/mol. The van der Waals surface area contributed by atoms with E-state index < -0.39 is 16.1 Å². The summed E-state index contributed by atoms with van der Waals surface area (Å²) in [6.45, 7) is 5.37. The Labute approximate surface area is 188 Å². The van der Waals surface area contributed by atoms with Crippen LogP contribution in [0.4, 0.5) is 5.69 Å². The molecular formula is C23H25ClN2O4S. The minimum absolute atomic E-state index is 0.118. The third-order valence-corrected chi connectivity index (χ3v) is 6.75. The van der Waals surface area contributed by atoms with Gasteiger partial charge in [-0.25, -0.2) is 4.98 Å². The predicted octanol–water partition coefficient (Wildman–Crippen LogP) is 4.51. The predicted molar refractivity (Wildman–Crippen MR) is 122 cm³/mol. The second-order valence-corrected chi connectivity index (χ2v) is 9.61. The van der Waals surface area contributed by atoms with Gasteiger partial charge in [0.25, 0.3) is 10.0 Å². The first kappa shape index (κ1) is 23.1. The number of rotatable bonds is 8. The third-order valence-electron chi connectivity index (χ3n) is 4.65. The zero-order valence-corrected chi connectivity index (χ0v) is 19.2. The van der Waals surface area contributed by atoms with Crippen molar-refractivity contribution in [2.45, 2.75) is 38.5 Å². The summed E-state index contributed by atoms with van der Waals surface area (Å²) < 4.78 is 33.9. The van der Waals surface area contributed by atoms with Crippen LogP contribution >= 0.6 is 11.6 Å². The Morgan fingerprint density at radius 1 is 1.13 bits per heavy atom. The van der Waals surface area contributed by atoms with Gasteiger partial charge < -0.3 is 9.84 Å². The van der Waals surface area contributed by atoms with Crippen molar-refractivity contribution in [1.29, 1.82) is 0 Å². The van der Waals surface area contributed by atoms with Crippen LogP contribution in [-0.4, -0.2) is 31.2 Å². The summed E-state index contributed by atoms with van der Waals surface area (Å²) in [6, 6.07) is 15.8. The largest absolute Gasteiger partial charge is 0.487 e. The van der Waals surface area contributed by atoms with Crippen molar-refractivity contribution in [1.82, 2.24) is 4.98 Å². The number of nitrogens with zero attached hydrogens (tertiary/aromatic N) is 2. The Hall–Kier alpha value is -2.61. The molecule has 0 aliphatic rings. The lowest BCUT2D eigenvalue weighted by molar-refractivity contribution is 0.204. The Balaban J connectivity index is 2.05. The van der Waals surface area contributed by atoms with Crippen LogP contribution in [0.2, 0.25) is 5.02 Å². The SMILES string of the molecule is Cc1ccc(COc2cc(Cl)c(C)cc2N(CC(C)O)S(=O)(=O)c2ccccn2)cc1. The summed E-state index contributed by atoms with van der Waals surface area (Å²) in [7, 11) is -4.05. The van der Waals surface area contributed by atoms with Crippen LogP contribution in [0.25, 0.3) is 0 Å². The highest BCUT2D eigenvalue weighted by atomic mass is 35.5. The normalized spacial score (nSPS) is 12.4. The highest BCUT2D eigenvalue weighted by Crippen LogP contribution is 2.37. The average Bonchev–Trinajstić information content (AvgIpc) is 2.74. The number of ether oxygens (including phenoxy) is 1. The minimum Gasteiger partial charge on any atom is -0.487 e. The van der Waals surface area contributed by atoms with Crippen molar-refractivity contribution in [2.24, 2.45) is 0 Å². The maximum Gasteiger partial charge on any atom is 0.282 e. The molecule has 164 valence electrons. The van der Waals surface area contributed by atoms with Crippen LogP contribution in [0, 0.1) is 13.8 Å². The summed E-state index contributed by atoms with van der Waals surface area (Å²) >= 11 is 6.32. The van der Waals surface area contributed by atoms with E-state index in [1.807, 2.05) is 31.2 Å². The number of aliphatic hydroxyl groups excluding tert-OH is 1. The van der Waals surface area contributed by atoms with E-state index in [2.05, 4.69) is 4.98 Å². The maximum atomic E-state index is 13.4. The number of aryl methyl sites for hydroxylation is 2. The molecule has 3 rings (SSSR count). The second kappa shape index (κ2) is 9.68. The molecule has 31 heavy (non-hydrogen) atoms. The highest BCUT2D eigenvalue weighted by Gasteiger charge is 2.30. The molecule has 6 nitrogen and oxygen atoms in total. The van der Waals surface area contributed by atoms with Crippen LogP contribution in [0.3, 0.4) is 0 Å². The number of pyridine rings is 1. The van der Waals surface area contributed by atoms with Gasteiger partial charge in [0.15, 0.2) is 5.03 Å². The number of benzene rings is 2. The monoisotopic (exact) mass is 460 g/mol. The van der Waals surface area contributed by atoms with E-state index in [1.165, 1.54) is 19.2 Å². The van der Waals surface area contributed by atoms with Crippen LogP contribution in [0.5, 0.6) is 5.75 Å². The van der Waals surface area contributed by atoms with Gasteiger partial charge in [-0.05, 0) is 50.1 Å². The number of hydrogen-bond donors (Lipinski definition) is 1. The lowest BCUT2D eigenvalue weighted by atomic mass is 10.1. The molecule has 1 unspecified atom stereocenters. The van der Waals surface area contributed by atoms with Crippen LogP contribution in [-0.2, 0) is 16.6 Å². The quantitative estimate of drug-likeness (QED) is 0.535. The molecule has 1 N–H and O–H groups in total. The van der Waals surface area contributed by atoms with Gasteiger partial charge in [-0.15, -0.1) is 0 Å².